The molecule has 3 aromatic rings. The second-order valence-corrected chi connectivity index (χ2v) is 5.57. The highest BCUT2D eigenvalue weighted by molar-refractivity contribution is 7.08. The van der Waals surface area contributed by atoms with Gasteiger partial charge in [0.2, 0.25) is 5.06 Å². The zero-order valence-corrected chi connectivity index (χ0v) is 13.4. The number of likely N-dealkylation sites (N-methyl/N-ethyl adjacent to an activating group) is 1. The second kappa shape index (κ2) is 7.02. The summed E-state index contributed by atoms with van der Waals surface area (Å²) in [6, 6.07) is 19.1. The van der Waals surface area contributed by atoms with Crippen molar-refractivity contribution in [1.82, 2.24) is 9.59 Å². The van der Waals surface area contributed by atoms with Gasteiger partial charge in [0.25, 0.3) is 5.91 Å². The number of benzene rings is 2. The SMILES string of the molecule is CN(C(=O)COc1snnc1-c1ccccc1)c1ccccc1. The summed E-state index contributed by atoms with van der Waals surface area (Å²) < 4.78 is 9.56. The van der Waals surface area contributed by atoms with Crippen LogP contribution >= 0.6 is 11.5 Å². The van der Waals surface area contributed by atoms with Gasteiger partial charge in [-0.25, -0.2) is 0 Å². The van der Waals surface area contributed by atoms with Gasteiger partial charge in [-0.05, 0) is 12.1 Å². The maximum atomic E-state index is 12.3. The largest absolute Gasteiger partial charge is 0.471 e. The minimum Gasteiger partial charge on any atom is -0.471 e. The van der Waals surface area contributed by atoms with E-state index in [9.17, 15) is 4.79 Å². The molecule has 0 N–H and O–H groups in total. The summed E-state index contributed by atoms with van der Waals surface area (Å²) in [4.78, 5) is 13.8. The molecule has 0 radical (unpaired) electrons. The highest BCUT2D eigenvalue weighted by atomic mass is 32.1. The molecule has 1 aromatic heterocycles. The molecule has 1 heterocycles. The fourth-order valence-corrected chi connectivity index (χ4v) is 2.62. The number of nitrogens with zero attached hydrogens (tertiary/aromatic N) is 3. The number of hydrogen-bond acceptors (Lipinski definition) is 5. The third-order valence-corrected chi connectivity index (χ3v) is 3.99. The van der Waals surface area contributed by atoms with Crippen molar-refractivity contribution in [1.29, 1.82) is 0 Å². The van der Waals surface area contributed by atoms with Crippen LogP contribution in [0.15, 0.2) is 60.7 Å². The minimum atomic E-state index is -0.136. The Hall–Kier alpha value is -2.73. The molecule has 0 atom stereocenters. The fraction of sp³-hybridized carbons (Fsp3) is 0.118. The van der Waals surface area contributed by atoms with Crippen LogP contribution in [0.4, 0.5) is 5.69 Å². The number of ether oxygens (including phenoxy) is 1. The van der Waals surface area contributed by atoms with E-state index in [0.29, 0.717) is 10.8 Å². The number of carbonyl (C=O) groups excluding carboxylic acids is 1. The van der Waals surface area contributed by atoms with Crippen LogP contribution in [0.5, 0.6) is 5.06 Å². The van der Waals surface area contributed by atoms with Crippen molar-refractivity contribution in [2.24, 2.45) is 0 Å². The number of anilines is 1. The smallest absolute Gasteiger partial charge is 0.264 e. The average Bonchev–Trinajstić information content (AvgIpc) is 3.09. The molecule has 23 heavy (non-hydrogen) atoms. The van der Waals surface area contributed by atoms with Crippen molar-refractivity contribution in [3.63, 3.8) is 0 Å². The topological polar surface area (TPSA) is 55.3 Å². The van der Waals surface area contributed by atoms with Crippen LogP contribution < -0.4 is 9.64 Å². The number of para-hydroxylation sites is 1. The van der Waals surface area contributed by atoms with E-state index in [0.717, 1.165) is 22.8 Å². The van der Waals surface area contributed by atoms with E-state index in [1.54, 1.807) is 11.9 Å². The van der Waals surface area contributed by atoms with E-state index in [2.05, 4.69) is 9.59 Å². The molecule has 0 spiro atoms. The highest BCUT2D eigenvalue weighted by Crippen LogP contribution is 2.30. The van der Waals surface area contributed by atoms with Gasteiger partial charge in [0.05, 0.1) is 0 Å². The first-order valence-electron chi connectivity index (χ1n) is 7.08. The summed E-state index contributed by atoms with van der Waals surface area (Å²) >= 11 is 1.14. The van der Waals surface area contributed by atoms with Gasteiger partial charge in [0, 0.05) is 29.8 Å². The Bertz CT molecular complexity index is 775. The van der Waals surface area contributed by atoms with E-state index in [1.165, 1.54) is 0 Å². The monoisotopic (exact) mass is 325 g/mol. The van der Waals surface area contributed by atoms with Crippen molar-refractivity contribution >= 4 is 23.1 Å². The molecule has 0 aliphatic rings. The summed E-state index contributed by atoms with van der Waals surface area (Å²) in [5.74, 6) is -0.136. The molecule has 0 saturated heterocycles. The molecule has 116 valence electrons. The molecule has 6 heteroatoms. The minimum absolute atomic E-state index is 0.0604. The Balaban J connectivity index is 1.68. The lowest BCUT2D eigenvalue weighted by molar-refractivity contribution is -0.120. The zero-order chi connectivity index (χ0) is 16.1. The van der Waals surface area contributed by atoms with Gasteiger partial charge in [-0.1, -0.05) is 53.0 Å². The van der Waals surface area contributed by atoms with Gasteiger partial charge in [-0.15, -0.1) is 5.10 Å². The quantitative estimate of drug-likeness (QED) is 0.722. The van der Waals surface area contributed by atoms with Crippen LogP contribution in [0.25, 0.3) is 11.3 Å². The number of carbonyl (C=O) groups is 1. The molecule has 0 bridgehead atoms. The summed E-state index contributed by atoms with van der Waals surface area (Å²) in [5.41, 5.74) is 2.40. The van der Waals surface area contributed by atoms with E-state index < -0.39 is 0 Å². The predicted molar refractivity (Wildman–Crippen MR) is 90.7 cm³/mol. The van der Waals surface area contributed by atoms with Gasteiger partial charge >= 0.3 is 0 Å². The van der Waals surface area contributed by atoms with Crippen molar-refractivity contribution in [3.05, 3.63) is 60.7 Å². The highest BCUT2D eigenvalue weighted by Gasteiger charge is 2.16. The van der Waals surface area contributed by atoms with E-state index >= 15 is 0 Å². The molecular weight excluding hydrogens is 310 g/mol. The van der Waals surface area contributed by atoms with E-state index in [4.69, 9.17) is 4.74 Å². The lowest BCUT2D eigenvalue weighted by Gasteiger charge is -2.17. The number of aromatic nitrogens is 2. The van der Waals surface area contributed by atoms with Crippen LogP contribution in [0.1, 0.15) is 0 Å². The van der Waals surface area contributed by atoms with E-state index in [-0.39, 0.29) is 12.5 Å². The Morgan fingerprint density at radius 1 is 1.09 bits per heavy atom. The standard InChI is InChI=1S/C17H15N3O2S/c1-20(14-10-6-3-7-11-14)15(21)12-22-17-16(18-19-23-17)13-8-4-2-5-9-13/h2-11H,12H2,1H3. The zero-order valence-electron chi connectivity index (χ0n) is 12.5. The van der Waals surface area contributed by atoms with Crippen LogP contribution in [-0.2, 0) is 4.79 Å². The molecular formula is C17H15N3O2S. The first-order valence-corrected chi connectivity index (χ1v) is 7.85. The van der Waals surface area contributed by atoms with Crippen LogP contribution in [0.2, 0.25) is 0 Å². The van der Waals surface area contributed by atoms with Gasteiger partial charge in [-0.3, -0.25) is 4.79 Å². The third kappa shape index (κ3) is 3.54. The number of rotatable bonds is 5. The molecule has 0 aliphatic carbocycles. The van der Waals surface area contributed by atoms with Crippen LogP contribution in [-0.4, -0.2) is 29.1 Å². The normalized spacial score (nSPS) is 10.3. The Morgan fingerprint density at radius 2 is 1.74 bits per heavy atom. The maximum Gasteiger partial charge on any atom is 0.264 e. The van der Waals surface area contributed by atoms with Gasteiger partial charge in [0.15, 0.2) is 6.61 Å². The summed E-state index contributed by atoms with van der Waals surface area (Å²) in [6.45, 7) is -0.0604. The molecule has 3 rings (SSSR count). The third-order valence-electron chi connectivity index (χ3n) is 3.35. The summed E-state index contributed by atoms with van der Waals surface area (Å²) in [5, 5.41) is 4.63. The predicted octanol–water partition coefficient (Wildman–Crippen LogP) is 3.25. The first kappa shape index (κ1) is 15.2. The Kier molecular flexibility index (Phi) is 4.63. The Morgan fingerprint density at radius 3 is 2.43 bits per heavy atom. The van der Waals surface area contributed by atoms with Gasteiger partial charge in [0.1, 0.15) is 5.69 Å². The van der Waals surface area contributed by atoms with Gasteiger partial charge in [-0.2, -0.15) is 0 Å². The second-order valence-electron chi connectivity index (χ2n) is 4.85. The van der Waals surface area contributed by atoms with Crippen LogP contribution in [0, 0.1) is 0 Å². The molecule has 2 aromatic carbocycles. The van der Waals surface area contributed by atoms with E-state index in [1.807, 2.05) is 60.7 Å². The van der Waals surface area contributed by atoms with Gasteiger partial charge < -0.3 is 9.64 Å². The van der Waals surface area contributed by atoms with Crippen molar-refractivity contribution in [2.75, 3.05) is 18.6 Å². The number of amides is 1. The molecule has 1 amide bonds. The van der Waals surface area contributed by atoms with Crippen molar-refractivity contribution in [2.45, 2.75) is 0 Å². The molecule has 5 nitrogen and oxygen atoms in total. The Labute approximate surface area is 138 Å². The summed E-state index contributed by atoms with van der Waals surface area (Å²) in [6.07, 6.45) is 0. The fourth-order valence-electron chi connectivity index (χ4n) is 2.07. The lowest BCUT2D eigenvalue weighted by atomic mass is 10.2. The van der Waals surface area contributed by atoms with Crippen LogP contribution in [0.3, 0.4) is 0 Å². The summed E-state index contributed by atoms with van der Waals surface area (Å²) in [7, 11) is 1.73. The first-order chi connectivity index (χ1) is 11.3. The van der Waals surface area contributed by atoms with Crippen molar-refractivity contribution in [3.8, 4) is 16.3 Å². The molecule has 0 unspecified atom stereocenters. The molecule has 0 aliphatic heterocycles. The van der Waals surface area contributed by atoms with Crippen molar-refractivity contribution < 1.29 is 9.53 Å². The molecule has 0 fully saturated rings. The lowest BCUT2D eigenvalue weighted by Crippen LogP contribution is -2.31. The maximum absolute atomic E-state index is 12.3. The molecule has 0 saturated carbocycles. The number of hydrogen-bond donors (Lipinski definition) is 0. The average molecular weight is 325 g/mol.